The van der Waals surface area contributed by atoms with Crippen molar-refractivity contribution in [2.45, 2.75) is 82.6 Å². The Kier molecular flexibility index (Phi) is 7.12. The molecule has 1 spiro atoms. The van der Waals surface area contributed by atoms with Gasteiger partial charge in [-0.2, -0.15) is 9.97 Å². The number of nitrogens with one attached hydrogen (secondary N) is 1. The molecule has 2 N–H and O–H groups in total. The minimum Gasteiger partial charge on any atom is -0.508 e. The Morgan fingerprint density at radius 1 is 1.08 bits per heavy atom. The van der Waals surface area contributed by atoms with E-state index >= 15 is 8.78 Å². The molecule has 252 valence electrons. The van der Waals surface area contributed by atoms with E-state index in [0.29, 0.717) is 78.6 Å². The summed E-state index contributed by atoms with van der Waals surface area (Å²) in [5, 5.41) is 16.0. The molecular formula is C38H43F2N5O3. The smallest absolute Gasteiger partial charge is 0.319 e. The lowest BCUT2D eigenvalue weighted by atomic mass is 9.41. The van der Waals surface area contributed by atoms with Crippen molar-refractivity contribution in [3.63, 3.8) is 0 Å². The van der Waals surface area contributed by atoms with Crippen LogP contribution in [0, 0.1) is 23.0 Å². The number of phenolic OH excluding ortho intramolecular Hbond substituents is 1. The number of piperazine rings is 1. The summed E-state index contributed by atoms with van der Waals surface area (Å²) in [6, 6.07) is 12.1. The number of piperidine rings is 2. The van der Waals surface area contributed by atoms with Crippen molar-refractivity contribution in [2.75, 3.05) is 38.3 Å². The number of rotatable bonds is 9. The van der Waals surface area contributed by atoms with E-state index in [1.54, 1.807) is 6.07 Å². The number of nitrogens with zero attached hydrogens (tertiary/aromatic N) is 4. The first-order valence-corrected chi connectivity index (χ1v) is 17.7. The zero-order valence-electron chi connectivity index (χ0n) is 27.8. The highest BCUT2D eigenvalue weighted by molar-refractivity contribution is 6.03. The molecule has 6 unspecified atom stereocenters. The van der Waals surface area contributed by atoms with Crippen LogP contribution in [0.3, 0.4) is 0 Å². The van der Waals surface area contributed by atoms with Gasteiger partial charge in [-0.05, 0) is 78.6 Å². The molecule has 3 aromatic carbocycles. The largest absolute Gasteiger partial charge is 0.508 e. The van der Waals surface area contributed by atoms with Crippen molar-refractivity contribution in [1.29, 1.82) is 0 Å². The summed E-state index contributed by atoms with van der Waals surface area (Å²) in [7, 11) is 1.84. The number of aryl methyl sites for hydroxylation is 1. The molecule has 2 bridgehead atoms. The van der Waals surface area contributed by atoms with Gasteiger partial charge in [0.25, 0.3) is 0 Å². The normalized spacial score (nSPS) is 29.6. The van der Waals surface area contributed by atoms with E-state index in [1.165, 1.54) is 25.0 Å². The van der Waals surface area contributed by atoms with Gasteiger partial charge < -0.3 is 24.8 Å². The molecule has 0 radical (unpaired) electrons. The van der Waals surface area contributed by atoms with E-state index in [0.717, 1.165) is 42.1 Å². The van der Waals surface area contributed by atoms with Crippen molar-refractivity contribution in [2.24, 2.45) is 11.3 Å². The summed E-state index contributed by atoms with van der Waals surface area (Å²) in [5.74, 6) is -0.827. The van der Waals surface area contributed by atoms with Crippen molar-refractivity contribution in [1.82, 2.24) is 20.2 Å². The highest BCUT2D eigenvalue weighted by Gasteiger charge is 2.75. The molecule has 5 aliphatic rings. The van der Waals surface area contributed by atoms with Gasteiger partial charge in [-0.1, -0.05) is 32.0 Å². The number of methoxy groups -OCH3 is 1. The Labute approximate surface area is 279 Å². The quantitative estimate of drug-likeness (QED) is 0.221. The summed E-state index contributed by atoms with van der Waals surface area (Å²) in [6.45, 7) is 6.89. The van der Waals surface area contributed by atoms with Crippen LogP contribution in [-0.2, 0) is 11.2 Å². The second-order valence-corrected chi connectivity index (χ2v) is 14.9. The zero-order chi connectivity index (χ0) is 32.9. The third kappa shape index (κ3) is 4.41. The molecule has 8 nitrogen and oxygen atoms in total. The molecule has 10 heteroatoms. The van der Waals surface area contributed by atoms with E-state index in [2.05, 4.69) is 27.0 Å². The van der Waals surface area contributed by atoms with Crippen molar-refractivity contribution < 1.29 is 23.4 Å². The van der Waals surface area contributed by atoms with Crippen LogP contribution in [0.2, 0.25) is 0 Å². The number of benzene rings is 3. The fraction of sp³-hybridized carbons (Fsp3) is 0.526. The Hall–Kier alpha value is -3.60. The van der Waals surface area contributed by atoms with Crippen LogP contribution in [0.4, 0.5) is 14.6 Å². The number of aromatic hydroxyl groups is 1. The number of likely N-dealkylation sites (tertiary alicyclic amines) is 1. The van der Waals surface area contributed by atoms with Crippen LogP contribution in [0.15, 0.2) is 36.4 Å². The summed E-state index contributed by atoms with van der Waals surface area (Å²) < 4.78 is 45.3. The Bertz CT molecular complexity index is 1920. The maximum Gasteiger partial charge on any atom is 0.319 e. The summed E-state index contributed by atoms with van der Waals surface area (Å²) in [4.78, 5) is 14.2. The third-order valence-electron chi connectivity index (χ3n) is 12.3. The molecular weight excluding hydrogens is 612 g/mol. The average molecular weight is 656 g/mol. The van der Waals surface area contributed by atoms with E-state index in [1.807, 2.05) is 32.2 Å². The highest BCUT2D eigenvalue weighted by atomic mass is 19.1. The Morgan fingerprint density at radius 2 is 1.90 bits per heavy atom. The first kappa shape index (κ1) is 30.5. The molecule has 7 atom stereocenters. The lowest BCUT2D eigenvalue weighted by Crippen LogP contribution is -2.87. The first-order chi connectivity index (χ1) is 23.3. The van der Waals surface area contributed by atoms with Gasteiger partial charge in [-0.3, -0.25) is 4.90 Å². The van der Waals surface area contributed by atoms with Gasteiger partial charge in [-0.25, -0.2) is 8.78 Å². The number of hydrogen-bond acceptors (Lipinski definition) is 8. The maximum atomic E-state index is 16.9. The SMILES string of the molecule is CCc1cccc2cc(O)cc(-c3c(F)cc4c(N5CC6CCC(C5)N6)nc(OC[C@H](C)CN5C6CCC67C(OC)CC57)nc4c3F)c12. The van der Waals surface area contributed by atoms with Crippen molar-refractivity contribution >= 4 is 27.5 Å². The molecule has 4 aromatic rings. The number of hydrogen-bond donors (Lipinski definition) is 2. The summed E-state index contributed by atoms with van der Waals surface area (Å²) in [6.07, 6.45) is 6.77. The molecule has 0 amide bonds. The minimum atomic E-state index is -0.776. The number of ether oxygens (including phenoxy) is 2. The molecule has 2 aliphatic carbocycles. The highest BCUT2D eigenvalue weighted by Crippen LogP contribution is 2.68. The monoisotopic (exact) mass is 655 g/mol. The molecule has 9 rings (SSSR count). The topological polar surface area (TPSA) is 83.0 Å². The van der Waals surface area contributed by atoms with Crippen LogP contribution in [0.1, 0.15) is 51.5 Å². The molecule has 5 fully saturated rings. The van der Waals surface area contributed by atoms with E-state index in [-0.39, 0.29) is 28.8 Å². The maximum absolute atomic E-state index is 16.9. The molecule has 4 heterocycles. The van der Waals surface area contributed by atoms with Gasteiger partial charge in [0.05, 0.1) is 18.3 Å². The van der Waals surface area contributed by atoms with Gasteiger partial charge in [0, 0.05) is 67.6 Å². The Balaban J connectivity index is 1.08. The lowest BCUT2D eigenvalue weighted by molar-refractivity contribution is -0.327. The van der Waals surface area contributed by atoms with Gasteiger partial charge in [0.1, 0.15) is 22.9 Å². The van der Waals surface area contributed by atoms with Gasteiger partial charge in [0.2, 0.25) is 0 Å². The van der Waals surface area contributed by atoms with E-state index < -0.39 is 11.6 Å². The minimum absolute atomic E-state index is 0.0254. The lowest BCUT2D eigenvalue weighted by Gasteiger charge is -2.79. The van der Waals surface area contributed by atoms with E-state index in [4.69, 9.17) is 14.5 Å². The number of aromatic nitrogens is 2. The third-order valence-corrected chi connectivity index (χ3v) is 12.3. The van der Waals surface area contributed by atoms with Crippen LogP contribution < -0.4 is 15.0 Å². The first-order valence-electron chi connectivity index (χ1n) is 17.7. The predicted octanol–water partition coefficient (Wildman–Crippen LogP) is 6.20. The number of anilines is 1. The van der Waals surface area contributed by atoms with Crippen LogP contribution in [-0.4, -0.2) is 83.6 Å². The molecule has 1 aromatic heterocycles. The van der Waals surface area contributed by atoms with Gasteiger partial charge >= 0.3 is 6.01 Å². The predicted molar refractivity (Wildman–Crippen MR) is 182 cm³/mol. The number of fused-ring (bicyclic) bond motifs is 4. The van der Waals surface area contributed by atoms with Crippen LogP contribution >= 0.6 is 0 Å². The van der Waals surface area contributed by atoms with Crippen molar-refractivity contribution in [3.05, 3.63) is 53.6 Å². The fourth-order valence-corrected chi connectivity index (χ4v) is 9.98. The van der Waals surface area contributed by atoms with Crippen LogP contribution in [0.5, 0.6) is 11.8 Å². The average Bonchev–Trinajstić information content (AvgIpc) is 3.39. The standard InChI is InChI=1S/C38H43F2N5O3/c1-4-21-6-5-7-22-12-25(46)13-26(32(21)22)33-28(39)14-27-35(34(33)40)42-37(43-36(27)44-17-23-8-9-24(18-44)41-23)48-19-20(2)16-45-29-10-11-38(29)30(45)15-31(38)47-3/h5-7,12-14,20,23-24,29-31,41,46H,4,8-11,15-19H2,1-3H3/t20-,23?,24?,29?,30?,31?,38?/m1/s1. The summed E-state index contributed by atoms with van der Waals surface area (Å²) in [5.41, 5.74) is 1.45. The van der Waals surface area contributed by atoms with Gasteiger partial charge in [0.15, 0.2) is 5.82 Å². The number of phenols is 1. The second kappa shape index (κ2) is 11.2. The zero-order valence-corrected chi connectivity index (χ0v) is 27.8. The fourth-order valence-electron chi connectivity index (χ4n) is 9.98. The Morgan fingerprint density at radius 3 is 2.60 bits per heavy atom. The molecule has 2 saturated carbocycles. The summed E-state index contributed by atoms with van der Waals surface area (Å²) >= 11 is 0. The van der Waals surface area contributed by atoms with Gasteiger partial charge in [-0.15, -0.1) is 0 Å². The molecule has 3 aliphatic heterocycles. The van der Waals surface area contributed by atoms with Crippen LogP contribution in [0.25, 0.3) is 32.8 Å². The number of halogens is 2. The molecule has 48 heavy (non-hydrogen) atoms. The van der Waals surface area contributed by atoms with Crippen molar-refractivity contribution in [3.8, 4) is 22.9 Å². The van der Waals surface area contributed by atoms with E-state index in [9.17, 15) is 5.11 Å². The second-order valence-electron chi connectivity index (χ2n) is 14.9. The molecule has 3 saturated heterocycles.